The van der Waals surface area contributed by atoms with Crippen LogP contribution in [0.4, 0.5) is 0 Å². The summed E-state index contributed by atoms with van der Waals surface area (Å²) in [5, 5.41) is 1.20. The summed E-state index contributed by atoms with van der Waals surface area (Å²) in [6, 6.07) is 17.0. The smallest absolute Gasteiger partial charge is 0.0712 e. The highest BCUT2D eigenvalue weighted by Gasteiger charge is 2.06. The summed E-state index contributed by atoms with van der Waals surface area (Å²) in [7, 11) is 0. The van der Waals surface area contributed by atoms with Crippen LogP contribution in [0.25, 0.3) is 22.2 Å². The fourth-order valence-corrected chi connectivity index (χ4v) is 2.42. The summed E-state index contributed by atoms with van der Waals surface area (Å²) >= 11 is 0. The van der Waals surface area contributed by atoms with Gasteiger partial charge in [-0.25, -0.2) is 4.98 Å². The lowest BCUT2D eigenvalue weighted by atomic mass is 10.00. The van der Waals surface area contributed by atoms with Crippen LogP contribution in [0.1, 0.15) is 16.7 Å². The lowest BCUT2D eigenvalue weighted by Gasteiger charge is -2.09. The van der Waals surface area contributed by atoms with Crippen molar-refractivity contribution >= 4 is 10.9 Å². The van der Waals surface area contributed by atoms with E-state index in [-0.39, 0.29) is 0 Å². The van der Waals surface area contributed by atoms with Gasteiger partial charge in [0.1, 0.15) is 0 Å². The van der Waals surface area contributed by atoms with Crippen LogP contribution >= 0.6 is 0 Å². The zero-order chi connectivity index (χ0) is 13.4. The molecular weight excluding hydrogens is 230 g/mol. The SMILES string of the molecule is Cc1ccc2nc(-c3cccc(C)c3C)ccc2c1. The maximum absolute atomic E-state index is 4.79. The highest BCUT2D eigenvalue weighted by Crippen LogP contribution is 2.26. The van der Waals surface area contributed by atoms with Gasteiger partial charge in [-0.1, -0.05) is 35.9 Å². The van der Waals surface area contributed by atoms with Crippen molar-refractivity contribution in [3.8, 4) is 11.3 Å². The summed E-state index contributed by atoms with van der Waals surface area (Å²) in [4.78, 5) is 4.79. The zero-order valence-electron chi connectivity index (χ0n) is 11.6. The molecule has 0 aliphatic rings. The van der Waals surface area contributed by atoms with E-state index >= 15 is 0 Å². The van der Waals surface area contributed by atoms with Crippen molar-refractivity contribution in [2.24, 2.45) is 0 Å². The maximum Gasteiger partial charge on any atom is 0.0712 e. The van der Waals surface area contributed by atoms with Gasteiger partial charge in [-0.15, -0.1) is 0 Å². The number of fused-ring (bicyclic) bond motifs is 1. The summed E-state index contributed by atoms with van der Waals surface area (Å²) in [6.45, 7) is 6.41. The minimum atomic E-state index is 1.05. The molecule has 19 heavy (non-hydrogen) atoms. The molecule has 3 rings (SSSR count). The van der Waals surface area contributed by atoms with Crippen molar-refractivity contribution in [3.05, 3.63) is 65.2 Å². The molecule has 0 aliphatic carbocycles. The normalized spacial score (nSPS) is 10.9. The topological polar surface area (TPSA) is 12.9 Å². The molecule has 0 fully saturated rings. The van der Waals surface area contributed by atoms with Gasteiger partial charge in [0.2, 0.25) is 0 Å². The Morgan fingerprint density at radius 3 is 2.53 bits per heavy atom. The first-order valence-corrected chi connectivity index (χ1v) is 6.59. The Balaban J connectivity index is 2.20. The molecule has 3 aromatic rings. The van der Waals surface area contributed by atoms with Gasteiger partial charge in [-0.05, 0) is 50.1 Å². The van der Waals surface area contributed by atoms with Crippen LogP contribution in [0.5, 0.6) is 0 Å². The molecule has 0 saturated heterocycles. The molecule has 0 amide bonds. The van der Waals surface area contributed by atoms with Gasteiger partial charge in [0.25, 0.3) is 0 Å². The largest absolute Gasteiger partial charge is 0.248 e. The van der Waals surface area contributed by atoms with Crippen LogP contribution in [0.15, 0.2) is 48.5 Å². The first-order valence-electron chi connectivity index (χ1n) is 6.59. The van der Waals surface area contributed by atoms with Gasteiger partial charge < -0.3 is 0 Å². The number of hydrogen-bond donors (Lipinski definition) is 0. The molecule has 0 atom stereocenters. The number of hydrogen-bond acceptors (Lipinski definition) is 1. The average Bonchev–Trinajstić information content (AvgIpc) is 2.41. The third-order valence-electron chi connectivity index (χ3n) is 3.73. The Morgan fingerprint density at radius 1 is 0.842 bits per heavy atom. The molecule has 0 N–H and O–H groups in total. The molecule has 1 heterocycles. The minimum Gasteiger partial charge on any atom is -0.248 e. The van der Waals surface area contributed by atoms with E-state index in [0.717, 1.165) is 11.2 Å². The van der Waals surface area contributed by atoms with Gasteiger partial charge >= 0.3 is 0 Å². The third-order valence-corrected chi connectivity index (χ3v) is 3.73. The van der Waals surface area contributed by atoms with Crippen LogP contribution in [0.3, 0.4) is 0 Å². The van der Waals surface area contributed by atoms with Crippen molar-refractivity contribution in [1.82, 2.24) is 4.98 Å². The second-order valence-corrected chi connectivity index (χ2v) is 5.14. The van der Waals surface area contributed by atoms with Crippen molar-refractivity contribution in [2.75, 3.05) is 0 Å². The molecule has 1 heteroatoms. The van der Waals surface area contributed by atoms with E-state index in [4.69, 9.17) is 4.98 Å². The lowest BCUT2D eigenvalue weighted by molar-refractivity contribution is 1.30. The molecular formula is C18H17N. The quantitative estimate of drug-likeness (QED) is 0.600. The predicted octanol–water partition coefficient (Wildman–Crippen LogP) is 4.83. The number of rotatable bonds is 1. The van der Waals surface area contributed by atoms with Gasteiger partial charge in [0, 0.05) is 10.9 Å². The fourth-order valence-electron chi connectivity index (χ4n) is 2.42. The Labute approximate surface area is 113 Å². The standard InChI is InChI=1S/C18H17N/c1-12-7-9-17-15(11-12)8-10-18(19-17)16-6-4-5-13(2)14(16)3/h4-11H,1-3H3. The maximum atomic E-state index is 4.79. The van der Waals surface area contributed by atoms with E-state index in [0.29, 0.717) is 0 Å². The Morgan fingerprint density at radius 2 is 1.68 bits per heavy atom. The predicted molar refractivity (Wildman–Crippen MR) is 81.4 cm³/mol. The molecule has 2 aromatic carbocycles. The fraction of sp³-hybridized carbons (Fsp3) is 0.167. The van der Waals surface area contributed by atoms with Crippen LogP contribution in [0.2, 0.25) is 0 Å². The molecule has 1 nitrogen and oxygen atoms in total. The molecule has 0 spiro atoms. The molecule has 0 saturated carbocycles. The number of pyridine rings is 1. The molecule has 0 bridgehead atoms. The molecule has 1 aromatic heterocycles. The molecule has 94 valence electrons. The Kier molecular flexibility index (Phi) is 2.83. The van der Waals surface area contributed by atoms with E-state index in [1.165, 1.54) is 27.6 Å². The van der Waals surface area contributed by atoms with Crippen LogP contribution in [0, 0.1) is 20.8 Å². The van der Waals surface area contributed by atoms with Crippen molar-refractivity contribution in [2.45, 2.75) is 20.8 Å². The summed E-state index contributed by atoms with van der Waals surface area (Å²) in [5.41, 5.74) is 7.22. The Hall–Kier alpha value is -2.15. The third kappa shape index (κ3) is 2.12. The highest BCUT2D eigenvalue weighted by molar-refractivity contribution is 5.82. The van der Waals surface area contributed by atoms with E-state index in [1.807, 2.05) is 0 Å². The van der Waals surface area contributed by atoms with Crippen molar-refractivity contribution in [3.63, 3.8) is 0 Å². The average molecular weight is 247 g/mol. The number of aromatic nitrogens is 1. The van der Waals surface area contributed by atoms with E-state index in [2.05, 4.69) is 69.3 Å². The second-order valence-electron chi connectivity index (χ2n) is 5.14. The van der Waals surface area contributed by atoms with E-state index < -0.39 is 0 Å². The summed E-state index contributed by atoms with van der Waals surface area (Å²) < 4.78 is 0. The molecule has 0 radical (unpaired) electrons. The number of nitrogens with zero attached hydrogens (tertiary/aromatic N) is 1. The number of benzene rings is 2. The van der Waals surface area contributed by atoms with E-state index in [9.17, 15) is 0 Å². The minimum absolute atomic E-state index is 1.05. The Bertz CT molecular complexity index is 757. The molecule has 0 aliphatic heterocycles. The van der Waals surface area contributed by atoms with Crippen LogP contribution in [-0.2, 0) is 0 Å². The molecule has 0 unspecified atom stereocenters. The van der Waals surface area contributed by atoms with Crippen molar-refractivity contribution in [1.29, 1.82) is 0 Å². The first kappa shape index (κ1) is 11.9. The van der Waals surface area contributed by atoms with Gasteiger partial charge in [-0.2, -0.15) is 0 Å². The lowest BCUT2D eigenvalue weighted by Crippen LogP contribution is -1.90. The van der Waals surface area contributed by atoms with Crippen LogP contribution < -0.4 is 0 Å². The number of aryl methyl sites for hydroxylation is 2. The van der Waals surface area contributed by atoms with Gasteiger partial charge in [0.05, 0.1) is 11.2 Å². The van der Waals surface area contributed by atoms with Gasteiger partial charge in [-0.3, -0.25) is 0 Å². The summed E-state index contributed by atoms with van der Waals surface area (Å²) in [5.74, 6) is 0. The van der Waals surface area contributed by atoms with Crippen LogP contribution in [-0.4, -0.2) is 4.98 Å². The highest BCUT2D eigenvalue weighted by atomic mass is 14.7. The second kappa shape index (κ2) is 4.51. The van der Waals surface area contributed by atoms with Gasteiger partial charge in [0.15, 0.2) is 0 Å². The monoisotopic (exact) mass is 247 g/mol. The summed E-state index contributed by atoms with van der Waals surface area (Å²) in [6.07, 6.45) is 0. The zero-order valence-corrected chi connectivity index (χ0v) is 11.6. The van der Waals surface area contributed by atoms with E-state index in [1.54, 1.807) is 0 Å². The first-order chi connectivity index (χ1) is 9.15. The van der Waals surface area contributed by atoms with Crippen molar-refractivity contribution < 1.29 is 0 Å².